The average Bonchev–Trinajstić information content (AvgIpc) is 2.97. The van der Waals surface area contributed by atoms with Crippen LogP contribution in [0.25, 0.3) is 0 Å². The molecule has 1 spiro atoms. The standard InChI is InChI=1S/C16H26N4O2/c1-4-15(2,3)20-14(21)12-9-11-13(18-10-17-11)16(19-12)5-7-22-8-6-16/h10,12,19H,4-9H2,1-3H3,(H,17,18)(H,20,21)/t12-/m0/s1. The van der Waals surface area contributed by atoms with E-state index < -0.39 is 0 Å². The average molecular weight is 306 g/mol. The highest BCUT2D eigenvalue weighted by atomic mass is 16.5. The smallest absolute Gasteiger partial charge is 0.237 e. The normalized spacial score (nSPS) is 24.0. The molecule has 1 aromatic heterocycles. The topological polar surface area (TPSA) is 79.0 Å². The highest BCUT2D eigenvalue weighted by Gasteiger charge is 2.45. The first-order valence-electron chi connectivity index (χ1n) is 8.16. The van der Waals surface area contributed by atoms with Crippen LogP contribution in [-0.2, 0) is 21.5 Å². The number of nitrogens with one attached hydrogen (secondary N) is 3. The van der Waals surface area contributed by atoms with Gasteiger partial charge in [0.15, 0.2) is 0 Å². The summed E-state index contributed by atoms with van der Waals surface area (Å²) in [6, 6.07) is -0.225. The monoisotopic (exact) mass is 306 g/mol. The molecule has 122 valence electrons. The van der Waals surface area contributed by atoms with Crippen LogP contribution in [0.2, 0.25) is 0 Å². The number of carbonyl (C=O) groups excluding carboxylic acids is 1. The molecule has 1 atom stereocenters. The number of aromatic nitrogens is 2. The number of H-pyrrole nitrogens is 1. The van der Waals surface area contributed by atoms with Crippen molar-refractivity contribution in [1.82, 2.24) is 20.6 Å². The van der Waals surface area contributed by atoms with Crippen LogP contribution in [0.4, 0.5) is 0 Å². The minimum absolute atomic E-state index is 0.0676. The number of nitrogens with zero attached hydrogens (tertiary/aromatic N) is 1. The molecule has 22 heavy (non-hydrogen) atoms. The first-order chi connectivity index (χ1) is 10.5. The van der Waals surface area contributed by atoms with Gasteiger partial charge in [0.2, 0.25) is 5.91 Å². The zero-order valence-corrected chi connectivity index (χ0v) is 13.7. The first kappa shape index (κ1) is 15.5. The minimum atomic E-state index is -0.232. The number of carbonyl (C=O) groups is 1. The Labute approximate surface area is 131 Å². The highest BCUT2D eigenvalue weighted by molar-refractivity contribution is 5.83. The molecule has 3 heterocycles. The molecule has 0 aromatic carbocycles. The van der Waals surface area contributed by atoms with E-state index in [0.717, 1.165) is 30.7 Å². The van der Waals surface area contributed by atoms with Crippen LogP contribution in [0.3, 0.4) is 0 Å². The third-order valence-electron chi connectivity index (χ3n) is 5.04. The quantitative estimate of drug-likeness (QED) is 0.785. The molecule has 2 aliphatic heterocycles. The molecule has 2 aliphatic rings. The highest BCUT2D eigenvalue weighted by Crippen LogP contribution is 2.36. The Hall–Kier alpha value is -1.40. The molecule has 3 rings (SSSR count). The van der Waals surface area contributed by atoms with Crippen molar-refractivity contribution in [1.29, 1.82) is 0 Å². The van der Waals surface area contributed by atoms with Gasteiger partial charge in [-0.05, 0) is 33.1 Å². The molecular formula is C16H26N4O2. The van der Waals surface area contributed by atoms with E-state index in [1.807, 2.05) is 0 Å². The van der Waals surface area contributed by atoms with Crippen LogP contribution >= 0.6 is 0 Å². The Morgan fingerprint density at radius 3 is 2.91 bits per heavy atom. The number of rotatable bonds is 3. The summed E-state index contributed by atoms with van der Waals surface area (Å²) in [6.45, 7) is 7.60. The fourth-order valence-corrected chi connectivity index (χ4v) is 3.31. The van der Waals surface area contributed by atoms with E-state index in [-0.39, 0.29) is 23.0 Å². The Morgan fingerprint density at radius 1 is 1.50 bits per heavy atom. The van der Waals surface area contributed by atoms with Crippen molar-refractivity contribution in [2.45, 2.75) is 63.6 Å². The van der Waals surface area contributed by atoms with Crippen molar-refractivity contribution in [3.8, 4) is 0 Å². The van der Waals surface area contributed by atoms with Crippen molar-refractivity contribution < 1.29 is 9.53 Å². The SMILES string of the molecule is CCC(C)(C)NC(=O)[C@@H]1Cc2[nH]cnc2C2(CCOCC2)N1. The lowest BCUT2D eigenvalue weighted by Crippen LogP contribution is -2.61. The van der Waals surface area contributed by atoms with Crippen LogP contribution in [0.15, 0.2) is 6.33 Å². The van der Waals surface area contributed by atoms with Gasteiger partial charge in [-0.2, -0.15) is 0 Å². The van der Waals surface area contributed by atoms with Crippen LogP contribution in [0, 0.1) is 0 Å². The molecule has 1 amide bonds. The lowest BCUT2D eigenvalue weighted by molar-refractivity contribution is -0.126. The van der Waals surface area contributed by atoms with Gasteiger partial charge >= 0.3 is 0 Å². The van der Waals surface area contributed by atoms with Crippen molar-refractivity contribution in [2.24, 2.45) is 0 Å². The largest absolute Gasteiger partial charge is 0.381 e. The molecule has 3 N–H and O–H groups in total. The third-order valence-corrected chi connectivity index (χ3v) is 5.04. The number of imidazole rings is 1. The molecule has 0 saturated carbocycles. The summed E-state index contributed by atoms with van der Waals surface area (Å²) < 4.78 is 5.50. The van der Waals surface area contributed by atoms with Gasteiger partial charge in [0.1, 0.15) is 0 Å². The number of aromatic amines is 1. The van der Waals surface area contributed by atoms with Crippen molar-refractivity contribution in [3.05, 3.63) is 17.7 Å². The van der Waals surface area contributed by atoms with E-state index in [2.05, 4.69) is 41.4 Å². The summed E-state index contributed by atoms with van der Waals surface area (Å²) in [6.07, 6.45) is 5.00. The summed E-state index contributed by atoms with van der Waals surface area (Å²) >= 11 is 0. The minimum Gasteiger partial charge on any atom is -0.381 e. The maximum atomic E-state index is 12.7. The second-order valence-electron chi connectivity index (χ2n) is 7.05. The van der Waals surface area contributed by atoms with Crippen molar-refractivity contribution >= 4 is 5.91 Å². The molecule has 1 saturated heterocycles. The first-order valence-corrected chi connectivity index (χ1v) is 8.16. The van der Waals surface area contributed by atoms with E-state index in [1.54, 1.807) is 6.33 Å². The summed E-state index contributed by atoms with van der Waals surface area (Å²) in [5.41, 5.74) is 1.73. The van der Waals surface area contributed by atoms with Gasteiger partial charge < -0.3 is 15.0 Å². The second-order valence-corrected chi connectivity index (χ2v) is 7.05. The molecule has 6 heteroatoms. The Morgan fingerprint density at radius 2 is 2.23 bits per heavy atom. The fourth-order valence-electron chi connectivity index (χ4n) is 3.31. The number of ether oxygens (including phenoxy) is 1. The van der Waals surface area contributed by atoms with Gasteiger partial charge in [-0.25, -0.2) is 4.98 Å². The van der Waals surface area contributed by atoms with Gasteiger partial charge in [-0.15, -0.1) is 0 Å². The van der Waals surface area contributed by atoms with Crippen molar-refractivity contribution in [2.75, 3.05) is 13.2 Å². The molecule has 0 aliphatic carbocycles. The second kappa shape index (κ2) is 5.66. The van der Waals surface area contributed by atoms with E-state index in [0.29, 0.717) is 19.6 Å². The molecule has 0 unspecified atom stereocenters. The Balaban J connectivity index is 1.83. The van der Waals surface area contributed by atoms with E-state index >= 15 is 0 Å². The number of hydrogen-bond donors (Lipinski definition) is 3. The van der Waals surface area contributed by atoms with Crippen LogP contribution in [-0.4, -0.2) is 40.7 Å². The fraction of sp³-hybridized carbons (Fsp3) is 0.750. The zero-order valence-electron chi connectivity index (χ0n) is 13.7. The maximum absolute atomic E-state index is 12.7. The summed E-state index contributed by atoms with van der Waals surface area (Å²) in [7, 11) is 0. The van der Waals surface area contributed by atoms with E-state index in [1.165, 1.54) is 0 Å². The summed E-state index contributed by atoms with van der Waals surface area (Å²) in [5, 5.41) is 6.74. The van der Waals surface area contributed by atoms with Crippen LogP contribution < -0.4 is 10.6 Å². The molecule has 6 nitrogen and oxygen atoms in total. The van der Waals surface area contributed by atoms with Gasteiger partial charge in [0.05, 0.1) is 23.6 Å². The lowest BCUT2D eigenvalue weighted by Gasteiger charge is -2.43. The number of amides is 1. The number of hydrogen-bond acceptors (Lipinski definition) is 4. The van der Waals surface area contributed by atoms with Crippen LogP contribution in [0.5, 0.6) is 0 Å². The molecule has 0 radical (unpaired) electrons. The third kappa shape index (κ3) is 2.77. The predicted octanol–water partition coefficient (Wildman–Crippen LogP) is 1.23. The molecule has 1 fully saturated rings. The van der Waals surface area contributed by atoms with Gasteiger partial charge in [-0.1, -0.05) is 6.92 Å². The Kier molecular flexibility index (Phi) is 3.99. The summed E-state index contributed by atoms with van der Waals surface area (Å²) in [4.78, 5) is 20.4. The van der Waals surface area contributed by atoms with Gasteiger partial charge in [0.25, 0.3) is 0 Å². The lowest BCUT2D eigenvalue weighted by atomic mass is 9.80. The maximum Gasteiger partial charge on any atom is 0.237 e. The van der Waals surface area contributed by atoms with Gasteiger partial charge in [0, 0.05) is 30.9 Å². The van der Waals surface area contributed by atoms with Gasteiger partial charge in [-0.3, -0.25) is 10.1 Å². The van der Waals surface area contributed by atoms with E-state index in [4.69, 9.17) is 4.74 Å². The van der Waals surface area contributed by atoms with E-state index in [9.17, 15) is 4.79 Å². The molecule has 1 aromatic rings. The zero-order chi connectivity index (χ0) is 15.8. The Bertz CT molecular complexity index is 546. The molecular weight excluding hydrogens is 280 g/mol. The number of fused-ring (bicyclic) bond motifs is 2. The predicted molar refractivity (Wildman–Crippen MR) is 83.5 cm³/mol. The summed E-state index contributed by atoms with van der Waals surface area (Å²) in [5.74, 6) is 0.0676. The van der Waals surface area contributed by atoms with Crippen molar-refractivity contribution in [3.63, 3.8) is 0 Å². The van der Waals surface area contributed by atoms with Crippen LogP contribution in [0.1, 0.15) is 51.4 Å². The molecule has 0 bridgehead atoms.